The third-order valence-electron chi connectivity index (χ3n) is 15.9. The highest BCUT2D eigenvalue weighted by atomic mass is 15.4. The molecule has 0 saturated heterocycles. The first-order valence-electron chi connectivity index (χ1n) is 24.7. The van der Waals surface area contributed by atoms with E-state index in [0.29, 0.717) is 17.7 Å². The van der Waals surface area contributed by atoms with Gasteiger partial charge in [-0.05, 0) is 69.8 Å². The maximum absolute atomic E-state index is 5.82. The average molecular weight is 902 g/mol. The quantitative estimate of drug-likeness (QED) is 0.165. The molecule has 8 atom stereocenters. The zero-order valence-corrected chi connectivity index (χ0v) is 38.3. The van der Waals surface area contributed by atoms with Crippen molar-refractivity contribution in [2.24, 2.45) is 11.8 Å². The number of allylic oxidation sites excluding steroid dienone is 6. The summed E-state index contributed by atoms with van der Waals surface area (Å²) < 4.78 is 0. The van der Waals surface area contributed by atoms with Gasteiger partial charge in [0.05, 0.1) is 24.2 Å². The van der Waals surface area contributed by atoms with E-state index < -0.39 is 0 Å². The second kappa shape index (κ2) is 15.5. The lowest BCUT2D eigenvalue weighted by Gasteiger charge is -2.39. The highest BCUT2D eigenvalue weighted by Gasteiger charge is 2.54. The van der Waals surface area contributed by atoms with Gasteiger partial charge in [-0.3, -0.25) is 0 Å². The van der Waals surface area contributed by atoms with Crippen LogP contribution in [-0.4, -0.2) is 39.1 Å². The molecule has 6 aromatic carbocycles. The molecule has 0 amide bonds. The number of nitrogens with zero attached hydrogens (tertiary/aromatic N) is 7. The van der Waals surface area contributed by atoms with Crippen molar-refractivity contribution in [1.29, 1.82) is 0 Å². The van der Waals surface area contributed by atoms with E-state index in [4.69, 9.17) is 15.0 Å². The lowest BCUT2D eigenvalue weighted by molar-refractivity contribution is 0.641. The fourth-order valence-corrected chi connectivity index (χ4v) is 13.0. The van der Waals surface area contributed by atoms with E-state index >= 15 is 0 Å². The Balaban J connectivity index is 0.956. The van der Waals surface area contributed by atoms with Crippen molar-refractivity contribution in [1.82, 2.24) is 15.0 Å². The van der Waals surface area contributed by atoms with E-state index in [1.165, 1.54) is 50.6 Å². The Morgan fingerprint density at radius 2 is 0.743 bits per heavy atom. The largest absolute Gasteiger partial charge is 0.335 e. The predicted octanol–water partition coefficient (Wildman–Crippen LogP) is 13.3. The minimum absolute atomic E-state index is 0.0681. The number of hydrogen-bond acceptors (Lipinski definition) is 7. The average Bonchev–Trinajstić information content (AvgIpc) is 4.17. The molecule has 5 heterocycles. The van der Waals surface area contributed by atoms with Crippen LogP contribution in [0.3, 0.4) is 0 Å². The molecule has 0 radical (unpaired) electrons. The Morgan fingerprint density at radius 3 is 1.24 bits per heavy atom. The van der Waals surface area contributed by atoms with E-state index in [1.807, 2.05) is 0 Å². The van der Waals surface area contributed by atoms with Crippen molar-refractivity contribution >= 4 is 34.6 Å². The van der Waals surface area contributed by atoms with Crippen LogP contribution >= 0.6 is 0 Å². The van der Waals surface area contributed by atoms with Gasteiger partial charge in [-0.1, -0.05) is 200 Å². The number of anilines is 6. The van der Waals surface area contributed by atoms with Crippen LogP contribution in [-0.2, 0) is 0 Å². The van der Waals surface area contributed by atoms with Crippen molar-refractivity contribution in [2.45, 2.75) is 36.0 Å². The summed E-state index contributed by atoms with van der Waals surface area (Å²) >= 11 is 0. The molecule has 0 saturated carbocycles. The molecule has 7 nitrogen and oxygen atoms in total. The first-order valence-corrected chi connectivity index (χ1v) is 24.7. The molecule has 1 aromatic heterocycles. The third-order valence-corrected chi connectivity index (χ3v) is 15.9. The molecule has 0 bridgehead atoms. The zero-order chi connectivity index (χ0) is 45.9. The molecule has 70 heavy (non-hydrogen) atoms. The van der Waals surface area contributed by atoms with Gasteiger partial charge in [0.15, 0.2) is 5.82 Å². The normalized spacial score (nSPS) is 25.7. The molecular weight excluding hydrogens is 855 g/mol. The highest BCUT2D eigenvalue weighted by molar-refractivity contribution is 5.82. The Hall–Kier alpha value is -8.55. The first kappa shape index (κ1) is 39.4. The smallest absolute Gasteiger partial charge is 0.235 e. The second-order valence-corrected chi connectivity index (χ2v) is 19.4. The molecule has 334 valence electrons. The summed E-state index contributed by atoms with van der Waals surface area (Å²) in [6.45, 7) is 0. The summed E-state index contributed by atoms with van der Waals surface area (Å²) in [7, 11) is 0. The summed E-state index contributed by atoms with van der Waals surface area (Å²) in [4.78, 5) is 27.2. The van der Waals surface area contributed by atoms with E-state index in [0.717, 1.165) is 22.5 Å². The molecule has 7 heteroatoms. The lowest BCUT2D eigenvalue weighted by Crippen LogP contribution is -2.43. The van der Waals surface area contributed by atoms with Crippen molar-refractivity contribution in [3.8, 4) is 22.5 Å². The summed E-state index contributed by atoms with van der Waals surface area (Å²) in [6.07, 6.45) is 28.0. The van der Waals surface area contributed by atoms with E-state index in [9.17, 15) is 0 Å². The van der Waals surface area contributed by atoms with Crippen molar-refractivity contribution < 1.29 is 0 Å². The van der Waals surface area contributed by atoms with Gasteiger partial charge in [-0.2, -0.15) is 15.0 Å². The van der Waals surface area contributed by atoms with Crippen LogP contribution in [0.5, 0.6) is 0 Å². The van der Waals surface area contributed by atoms with Crippen molar-refractivity contribution in [3.05, 3.63) is 270 Å². The number of para-hydroxylation sites is 4. The predicted molar refractivity (Wildman–Crippen MR) is 282 cm³/mol. The zero-order valence-electron chi connectivity index (χ0n) is 38.3. The standard InChI is InChI=1S/C63H47N7/c1-4-18-40(19-5-1)41-32-34-42(35-33-41)61-64-62(69-55-30-16-12-26-47(55)51-38-36-49-45-24-10-14-28-53(45)67(57(49)59(51)69)43-20-6-2-7-21-43)66-63(65-61)70-56-31-17-13-27-48(56)52-39-37-50-46-25-11-15-29-54(46)68(58(50)60(52)70)44-22-8-3-9-23-44/h1-39,45-46,51-54,59-60H. The molecule has 7 aromatic rings. The fraction of sp³-hybridized carbons (Fsp3) is 0.127. The Morgan fingerprint density at radius 1 is 0.329 bits per heavy atom. The van der Waals surface area contributed by atoms with Crippen LogP contribution in [0.1, 0.15) is 23.0 Å². The van der Waals surface area contributed by atoms with Crippen LogP contribution in [0.15, 0.2) is 259 Å². The number of fused-ring (bicyclic) bond motifs is 12. The number of aromatic nitrogens is 3. The van der Waals surface area contributed by atoms with Crippen molar-refractivity contribution in [2.75, 3.05) is 19.6 Å². The summed E-state index contributed by atoms with van der Waals surface area (Å²) in [5, 5.41) is 0. The van der Waals surface area contributed by atoms with E-state index in [1.54, 1.807) is 0 Å². The minimum atomic E-state index is -0.121. The van der Waals surface area contributed by atoms with Gasteiger partial charge < -0.3 is 19.6 Å². The molecule has 8 aliphatic rings. The van der Waals surface area contributed by atoms with Crippen LogP contribution < -0.4 is 19.6 Å². The molecule has 8 unspecified atom stereocenters. The van der Waals surface area contributed by atoms with Crippen molar-refractivity contribution in [3.63, 3.8) is 0 Å². The molecular formula is C63H47N7. The van der Waals surface area contributed by atoms with Gasteiger partial charge in [0.25, 0.3) is 0 Å². The minimum Gasteiger partial charge on any atom is -0.335 e. The number of rotatable bonds is 6. The maximum Gasteiger partial charge on any atom is 0.235 e. The first-order chi connectivity index (χ1) is 34.8. The Labute approximate surface area is 408 Å². The van der Waals surface area contributed by atoms with Crippen LogP contribution in [0, 0.1) is 11.8 Å². The van der Waals surface area contributed by atoms with Gasteiger partial charge in [-0.15, -0.1) is 0 Å². The SMILES string of the molecule is C1=CC2C3=C(C4C(C=C3)c3ccccc3N4c3nc(-c4ccc(-c5ccccc5)cc4)nc(N4c5ccccc5C5C=CC6=C(C54)N(c4ccccc4)C4C=CC=CC64)n3)N(c3ccccc3)C2C=C1. The molecule has 0 N–H and O–H groups in total. The van der Waals surface area contributed by atoms with Crippen LogP contribution in [0.2, 0.25) is 0 Å². The Kier molecular flexibility index (Phi) is 8.73. The third kappa shape index (κ3) is 5.78. The van der Waals surface area contributed by atoms with Crippen LogP contribution in [0.25, 0.3) is 22.5 Å². The second-order valence-electron chi connectivity index (χ2n) is 19.4. The van der Waals surface area contributed by atoms with E-state index in [2.05, 4.69) is 256 Å². The monoisotopic (exact) mass is 901 g/mol. The van der Waals surface area contributed by atoms with Gasteiger partial charge in [0.1, 0.15) is 0 Å². The molecule has 15 rings (SSSR count). The van der Waals surface area contributed by atoms with Gasteiger partial charge >= 0.3 is 0 Å². The fourth-order valence-electron chi connectivity index (χ4n) is 13.0. The molecule has 4 aliphatic heterocycles. The van der Waals surface area contributed by atoms with Gasteiger partial charge in [0, 0.05) is 63.4 Å². The molecule has 4 aliphatic carbocycles. The maximum atomic E-state index is 5.82. The summed E-state index contributed by atoms with van der Waals surface area (Å²) in [5.41, 5.74) is 15.7. The summed E-state index contributed by atoms with van der Waals surface area (Å²) in [6, 6.07) is 59.0. The van der Waals surface area contributed by atoms with Gasteiger partial charge in [-0.25, -0.2) is 0 Å². The summed E-state index contributed by atoms with van der Waals surface area (Å²) in [5.74, 6) is 2.47. The van der Waals surface area contributed by atoms with Gasteiger partial charge in [0.2, 0.25) is 11.9 Å². The van der Waals surface area contributed by atoms with Crippen LogP contribution in [0.4, 0.5) is 34.6 Å². The molecule has 0 spiro atoms. The Bertz CT molecular complexity index is 3320. The molecule has 0 fully saturated rings. The van der Waals surface area contributed by atoms with E-state index in [-0.39, 0.29) is 47.8 Å². The highest BCUT2D eigenvalue weighted by Crippen LogP contribution is 2.58. The lowest BCUT2D eigenvalue weighted by atomic mass is 9.83. The number of hydrogen-bond donors (Lipinski definition) is 0. The number of benzene rings is 6. The topological polar surface area (TPSA) is 51.6 Å².